The molecule has 0 saturated carbocycles. The summed E-state index contributed by atoms with van der Waals surface area (Å²) in [5.41, 5.74) is -0.300. The van der Waals surface area contributed by atoms with Gasteiger partial charge in [0.2, 0.25) is 0 Å². The highest BCUT2D eigenvalue weighted by Crippen LogP contribution is 2.25. The number of hydrogen-bond acceptors (Lipinski definition) is 2. The Morgan fingerprint density at radius 2 is 1.85 bits per heavy atom. The van der Waals surface area contributed by atoms with Gasteiger partial charge in [-0.3, -0.25) is 4.79 Å². The number of hydrogen-bond donors (Lipinski definition) is 0. The van der Waals surface area contributed by atoms with Crippen molar-refractivity contribution in [1.29, 1.82) is 0 Å². The first-order chi connectivity index (χ1) is 6.04. The van der Waals surface area contributed by atoms with E-state index in [1.807, 2.05) is 20.8 Å². The molecule has 0 fully saturated rings. The lowest BCUT2D eigenvalue weighted by Gasteiger charge is -2.21. The molecule has 0 aromatic heterocycles. The summed E-state index contributed by atoms with van der Waals surface area (Å²) >= 11 is 0. The predicted molar refractivity (Wildman–Crippen MR) is 54.6 cm³/mol. The van der Waals surface area contributed by atoms with Crippen LogP contribution in [0.5, 0.6) is 0 Å². The highest BCUT2D eigenvalue weighted by Gasteiger charge is 2.27. The van der Waals surface area contributed by atoms with Gasteiger partial charge in [0.05, 0.1) is 12.0 Å². The largest absolute Gasteiger partial charge is 0.466 e. The van der Waals surface area contributed by atoms with E-state index in [2.05, 4.69) is 6.92 Å². The molecule has 0 heterocycles. The van der Waals surface area contributed by atoms with Crippen molar-refractivity contribution in [2.45, 2.75) is 53.4 Å². The van der Waals surface area contributed by atoms with Crippen molar-refractivity contribution >= 4 is 5.97 Å². The molecule has 78 valence electrons. The second-order valence-electron chi connectivity index (χ2n) is 4.06. The van der Waals surface area contributed by atoms with Gasteiger partial charge in [-0.05, 0) is 27.2 Å². The molecule has 13 heavy (non-hydrogen) atoms. The molecule has 0 aliphatic rings. The summed E-state index contributed by atoms with van der Waals surface area (Å²) in [7, 11) is 0. The normalized spacial score (nSPS) is 11.4. The molecule has 0 rings (SSSR count). The minimum absolute atomic E-state index is 0.0638. The Morgan fingerprint density at radius 3 is 2.31 bits per heavy atom. The van der Waals surface area contributed by atoms with Gasteiger partial charge in [-0.2, -0.15) is 0 Å². The summed E-state index contributed by atoms with van der Waals surface area (Å²) in [4.78, 5) is 11.4. The number of unbranched alkanes of at least 4 members (excludes halogenated alkanes) is 2. The van der Waals surface area contributed by atoms with Crippen LogP contribution in [0.4, 0.5) is 0 Å². The lowest BCUT2D eigenvalue weighted by atomic mass is 9.87. The van der Waals surface area contributed by atoms with Crippen molar-refractivity contribution in [2.24, 2.45) is 5.41 Å². The fourth-order valence-electron chi connectivity index (χ4n) is 1.25. The maximum absolute atomic E-state index is 11.4. The van der Waals surface area contributed by atoms with E-state index >= 15 is 0 Å². The molecule has 0 amide bonds. The second-order valence-corrected chi connectivity index (χ2v) is 4.06. The number of rotatable bonds is 6. The van der Waals surface area contributed by atoms with E-state index in [0.29, 0.717) is 6.61 Å². The molecule has 0 saturated heterocycles. The first-order valence-corrected chi connectivity index (χ1v) is 5.21. The molecule has 0 bridgehead atoms. The number of ether oxygens (including phenoxy) is 1. The fraction of sp³-hybridized carbons (Fsp3) is 0.909. The van der Waals surface area contributed by atoms with E-state index in [1.165, 1.54) is 12.8 Å². The predicted octanol–water partition coefficient (Wildman–Crippen LogP) is 3.16. The summed E-state index contributed by atoms with van der Waals surface area (Å²) in [6.45, 7) is 8.41. The number of carbonyl (C=O) groups excluding carboxylic acids is 1. The minimum Gasteiger partial charge on any atom is -0.466 e. The van der Waals surface area contributed by atoms with E-state index in [-0.39, 0.29) is 11.4 Å². The average Bonchev–Trinajstić information content (AvgIpc) is 2.05. The highest BCUT2D eigenvalue weighted by molar-refractivity contribution is 5.75. The molecular formula is C11H22O2. The van der Waals surface area contributed by atoms with Gasteiger partial charge < -0.3 is 4.74 Å². The molecule has 0 unspecified atom stereocenters. The molecule has 0 N–H and O–H groups in total. The van der Waals surface area contributed by atoms with Crippen LogP contribution in [-0.2, 0) is 9.53 Å². The third-order valence-electron chi connectivity index (χ3n) is 2.23. The van der Waals surface area contributed by atoms with Gasteiger partial charge in [0.25, 0.3) is 0 Å². The topological polar surface area (TPSA) is 26.3 Å². The zero-order valence-corrected chi connectivity index (χ0v) is 9.35. The van der Waals surface area contributed by atoms with E-state index in [9.17, 15) is 4.79 Å². The third-order valence-corrected chi connectivity index (χ3v) is 2.23. The van der Waals surface area contributed by atoms with Crippen LogP contribution in [-0.4, -0.2) is 12.6 Å². The van der Waals surface area contributed by atoms with E-state index < -0.39 is 0 Å². The lowest BCUT2D eigenvalue weighted by Crippen LogP contribution is -2.26. The summed E-state index contributed by atoms with van der Waals surface area (Å²) in [5, 5.41) is 0. The Bertz CT molecular complexity index is 150. The monoisotopic (exact) mass is 186 g/mol. The molecule has 2 nitrogen and oxygen atoms in total. The standard InChI is InChI=1S/C11H22O2/c1-5-7-8-9-11(3,4)10(12)13-6-2/h5-9H2,1-4H3. The van der Waals surface area contributed by atoms with Crippen LogP contribution in [0.25, 0.3) is 0 Å². The van der Waals surface area contributed by atoms with E-state index in [4.69, 9.17) is 4.74 Å². The molecule has 2 heteroatoms. The van der Waals surface area contributed by atoms with Crippen LogP contribution < -0.4 is 0 Å². The highest BCUT2D eigenvalue weighted by atomic mass is 16.5. The smallest absolute Gasteiger partial charge is 0.311 e. The van der Waals surface area contributed by atoms with Gasteiger partial charge in [-0.1, -0.05) is 26.2 Å². The minimum atomic E-state index is -0.300. The Labute approximate surface area is 81.7 Å². The van der Waals surface area contributed by atoms with Crippen molar-refractivity contribution in [2.75, 3.05) is 6.61 Å². The zero-order valence-electron chi connectivity index (χ0n) is 9.35. The summed E-state index contributed by atoms with van der Waals surface area (Å²) < 4.78 is 5.00. The molecule has 0 aromatic carbocycles. The van der Waals surface area contributed by atoms with Crippen molar-refractivity contribution < 1.29 is 9.53 Å². The SMILES string of the molecule is CCCCCC(C)(C)C(=O)OCC. The number of carbonyl (C=O) groups is 1. The molecular weight excluding hydrogens is 164 g/mol. The molecule has 0 atom stereocenters. The summed E-state index contributed by atoms with van der Waals surface area (Å²) in [6.07, 6.45) is 4.43. The molecule has 0 aliphatic heterocycles. The zero-order chi connectivity index (χ0) is 10.3. The Balaban J connectivity index is 3.83. The summed E-state index contributed by atoms with van der Waals surface area (Å²) in [5.74, 6) is -0.0638. The molecule has 0 aliphatic carbocycles. The molecule has 0 spiro atoms. The second kappa shape index (κ2) is 6.01. The van der Waals surface area contributed by atoms with Crippen LogP contribution >= 0.6 is 0 Å². The van der Waals surface area contributed by atoms with Crippen molar-refractivity contribution in [3.05, 3.63) is 0 Å². The lowest BCUT2D eigenvalue weighted by molar-refractivity contribution is -0.153. The summed E-state index contributed by atoms with van der Waals surface area (Å²) in [6, 6.07) is 0. The first-order valence-electron chi connectivity index (χ1n) is 5.21. The Hall–Kier alpha value is -0.530. The quantitative estimate of drug-likeness (QED) is 0.470. The van der Waals surface area contributed by atoms with Gasteiger partial charge in [0.15, 0.2) is 0 Å². The van der Waals surface area contributed by atoms with Gasteiger partial charge >= 0.3 is 5.97 Å². The van der Waals surface area contributed by atoms with E-state index in [1.54, 1.807) is 0 Å². The van der Waals surface area contributed by atoms with Crippen LogP contribution in [0.2, 0.25) is 0 Å². The van der Waals surface area contributed by atoms with Gasteiger partial charge in [0.1, 0.15) is 0 Å². The van der Waals surface area contributed by atoms with Gasteiger partial charge in [0, 0.05) is 0 Å². The Kier molecular flexibility index (Phi) is 5.76. The maximum Gasteiger partial charge on any atom is 0.311 e. The van der Waals surface area contributed by atoms with Crippen LogP contribution in [0.1, 0.15) is 53.4 Å². The maximum atomic E-state index is 11.4. The van der Waals surface area contributed by atoms with Crippen LogP contribution in [0.3, 0.4) is 0 Å². The van der Waals surface area contributed by atoms with Crippen molar-refractivity contribution in [3.8, 4) is 0 Å². The first kappa shape index (κ1) is 12.5. The van der Waals surface area contributed by atoms with Crippen molar-refractivity contribution in [1.82, 2.24) is 0 Å². The molecule has 0 aromatic rings. The third kappa shape index (κ3) is 4.91. The average molecular weight is 186 g/mol. The number of esters is 1. The van der Waals surface area contributed by atoms with Crippen LogP contribution in [0.15, 0.2) is 0 Å². The Morgan fingerprint density at radius 1 is 1.23 bits per heavy atom. The van der Waals surface area contributed by atoms with Crippen molar-refractivity contribution in [3.63, 3.8) is 0 Å². The fourth-order valence-corrected chi connectivity index (χ4v) is 1.25. The van der Waals surface area contributed by atoms with Gasteiger partial charge in [-0.25, -0.2) is 0 Å². The van der Waals surface area contributed by atoms with Gasteiger partial charge in [-0.15, -0.1) is 0 Å². The van der Waals surface area contributed by atoms with Crippen LogP contribution in [0, 0.1) is 5.41 Å². The molecule has 0 radical (unpaired) electrons. The van der Waals surface area contributed by atoms with E-state index in [0.717, 1.165) is 12.8 Å².